The van der Waals surface area contributed by atoms with E-state index in [4.69, 9.17) is 0 Å². The zero-order chi connectivity index (χ0) is 18.3. The van der Waals surface area contributed by atoms with Gasteiger partial charge in [0.15, 0.2) is 0 Å². The Kier molecular flexibility index (Phi) is 4.11. The van der Waals surface area contributed by atoms with E-state index in [2.05, 4.69) is 16.3 Å². The molecular weight excluding hydrogens is 326 g/mol. The summed E-state index contributed by atoms with van der Waals surface area (Å²) in [6.07, 6.45) is 4.62. The van der Waals surface area contributed by atoms with Crippen molar-refractivity contribution in [1.29, 1.82) is 0 Å². The fourth-order valence-corrected chi connectivity index (χ4v) is 3.89. The van der Waals surface area contributed by atoms with Gasteiger partial charge < -0.3 is 4.90 Å². The third kappa shape index (κ3) is 2.62. The molecule has 6 nitrogen and oxygen atoms in total. The molecule has 4 rings (SSSR count). The Morgan fingerprint density at radius 3 is 2.73 bits per heavy atom. The summed E-state index contributed by atoms with van der Waals surface area (Å²) in [5.74, 6) is 0.0176. The van der Waals surface area contributed by atoms with Crippen LogP contribution in [-0.2, 0) is 13.0 Å². The summed E-state index contributed by atoms with van der Waals surface area (Å²) in [4.78, 5) is 15.4. The normalized spacial score (nSPS) is 16.6. The summed E-state index contributed by atoms with van der Waals surface area (Å²) in [6.45, 7) is 7.28. The van der Waals surface area contributed by atoms with Crippen LogP contribution in [0.3, 0.4) is 0 Å². The SMILES string of the molecule is CCn1nc(C)c(C(=O)N2C[C@H](n3cccn3)Cc3ccccc32)c1C. The summed E-state index contributed by atoms with van der Waals surface area (Å²) in [7, 11) is 0. The van der Waals surface area contributed by atoms with Gasteiger partial charge in [-0.05, 0) is 44.9 Å². The molecule has 0 saturated heterocycles. The lowest BCUT2D eigenvalue weighted by Gasteiger charge is -2.34. The number of fused-ring (bicyclic) bond motifs is 1. The van der Waals surface area contributed by atoms with Gasteiger partial charge in [-0.15, -0.1) is 0 Å². The lowest BCUT2D eigenvalue weighted by molar-refractivity contribution is 0.0978. The minimum atomic E-state index is 0.0176. The van der Waals surface area contributed by atoms with E-state index in [-0.39, 0.29) is 11.9 Å². The van der Waals surface area contributed by atoms with Crippen molar-refractivity contribution < 1.29 is 4.79 Å². The van der Waals surface area contributed by atoms with Crippen molar-refractivity contribution in [3.8, 4) is 0 Å². The quantitative estimate of drug-likeness (QED) is 0.730. The molecule has 6 heteroatoms. The molecule has 0 aliphatic carbocycles. The second-order valence-electron chi connectivity index (χ2n) is 6.75. The molecule has 1 amide bonds. The zero-order valence-corrected chi connectivity index (χ0v) is 15.4. The van der Waals surface area contributed by atoms with Crippen LogP contribution >= 0.6 is 0 Å². The number of aryl methyl sites for hydroxylation is 2. The second-order valence-corrected chi connectivity index (χ2v) is 6.75. The first kappa shape index (κ1) is 16.6. The van der Waals surface area contributed by atoms with Gasteiger partial charge in [-0.1, -0.05) is 18.2 Å². The highest BCUT2D eigenvalue weighted by Gasteiger charge is 2.32. The van der Waals surface area contributed by atoms with E-state index in [1.54, 1.807) is 6.20 Å². The third-order valence-electron chi connectivity index (χ3n) is 5.17. The number of para-hydroxylation sites is 1. The zero-order valence-electron chi connectivity index (χ0n) is 15.4. The van der Waals surface area contributed by atoms with Crippen molar-refractivity contribution in [3.05, 3.63) is 65.2 Å². The van der Waals surface area contributed by atoms with Crippen molar-refractivity contribution in [2.24, 2.45) is 0 Å². The van der Waals surface area contributed by atoms with E-state index < -0.39 is 0 Å². The van der Waals surface area contributed by atoms with Crippen LogP contribution in [0.5, 0.6) is 0 Å². The molecule has 1 atom stereocenters. The number of rotatable bonds is 3. The molecule has 1 aliphatic heterocycles. The van der Waals surface area contributed by atoms with Crippen LogP contribution in [0.25, 0.3) is 0 Å². The monoisotopic (exact) mass is 349 g/mol. The van der Waals surface area contributed by atoms with Crippen LogP contribution in [0.1, 0.15) is 40.3 Å². The molecule has 1 aliphatic rings. The largest absolute Gasteiger partial charge is 0.306 e. The van der Waals surface area contributed by atoms with Crippen molar-refractivity contribution in [3.63, 3.8) is 0 Å². The van der Waals surface area contributed by atoms with E-state index in [1.165, 1.54) is 5.56 Å². The Bertz CT molecular complexity index is 941. The molecule has 0 saturated carbocycles. The van der Waals surface area contributed by atoms with Gasteiger partial charge in [0.2, 0.25) is 0 Å². The van der Waals surface area contributed by atoms with Crippen molar-refractivity contribution in [1.82, 2.24) is 19.6 Å². The van der Waals surface area contributed by atoms with Crippen LogP contribution in [0.15, 0.2) is 42.7 Å². The van der Waals surface area contributed by atoms with Crippen LogP contribution in [0.2, 0.25) is 0 Å². The second kappa shape index (κ2) is 6.44. The maximum atomic E-state index is 13.5. The van der Waals surface area contributed by atoms with Gasteiger partial charge in [0, 0.05) is 36.9 Å². The minimum absolute atomic E-state index is 0.0176. The van der Waals surface area contributed by atoms with E-state index in [9.17, 15) is 4.79 Å². The standard InChI is InChI=1S/C20H23N5O/c1-4-24-15(3)19(14(2)22-24)20(26)23-13-17(25-11-7-10-21-25)12-16-8-5-6-9-18(16)23/h5-11,17H,4,12-13H2,1-3H3/t17-/m1/s1. The van der Waals surface area contributed by atoms with Crippen molar-refractivity contribution in [2.45, 2.75) is 39.8 Å². The molecular formula is C20H23N5O. The predicted molar refractivity (Wildman–Crippen MR) is 100 cm³/mol. The first-order chi connectivity index (χ1) is 12.6. The molecule has 0 bridgehead atoms. The highest BCUT2D eigenvalue weighted by molar-refractivity contribution is 6.08. The minimum Gasteiger partial charge on any atom is -0.306 e. The fourth-order valence-electron chi connectivity index (χ4n) is 3.89. The predicted octanol–water partition coefficient (Wildman–Crippen LogP) is 3.16. The number of carbonyl (C=O) groups is 1. The number of nitrogens with zero attached hydrogens (tertiary/aromatic N) is 5. The van der Waals surface area contributed by atoms with Gasteiger partial charge in [-0.2, -0.15) is 10.2 Å². The van der Waals surface area contributed by atoms with E-state index in [1.807, 2.05) is 65.5 Å². The van der Waals surface area contributed by atoms with Gasteiger partial charge in [0.1, 0.15) is 0 Å². The molecule has 0 unspecified atom stereocenters. The fraction of sp³-hybridized carbons (Fsp3) is 0.350. The Labute approximate surface area is 153 Å². The molecule has 134 valence electrons. The van der Waals surface area contributed by atoms with E-state index in [0.29, 0.717) is 12.1 Å². The van der Waals surface area contributed by atoms with Crippen LogP contribution in [0, 0.1) is 13.8 Å². The highest BCUT2D eigenvalue weighted by Crippen LogP contribution is 2.33. The molecule has 0 fully saturated rings. The Balaban J connectivity index is 1.77. The van der Waals surface area contributed by atoms with Gasteiger partial charge in [0.25, 0.3) is 5.91 Å². The average Bonchev–Trinajstić information content (AvgIpc) is 3.28. The summed E-state index contributed by atoms with van der Waals surface area (Å²) >= 11 is 0. The summed E-state index contributed by atoms with van der Waals surface area (Å²) in [5, 5.41) is 8.92. The number of aromatic nitrogens is 4. The van der Waals surface area contributed by atoms with Gasteiger partial charge in [-0.3, -0.25) is 14.2 Å². The molecule has 3 heterocycles. The highest BCUT2D eigenvalue weighted by atomic mass is 16.2. The van der Waals surface area contributed by atoms with Crippen LogP contribution in [-0.4, -0.2) is 32.0 Å². The number of anilines is 1. The van der Waals surface area contributed by atoms with E-state index >= 15 is 0 Å². The van der Waals surface area contributed by atoms with Crippen LogP contribution < -0.4 is 4.90 Å². The molecule has 1 aromatic carbocycles. The number of amides is 1. The van der Waals surface area contributed by atoms with Gasteiger partial charge >= 0.3 is 0 Å². The Morgan fingerprint density at radius 2 is 2.04 bits per heavy atom. The summed E-state index contributed by atoms with van der Waals surface area (Å²) in [5.41, 5.74) is 4.58. The lowest BCUT2D eigenvalue weighted by Crippen LogP contribution is -2.41. The Morgan fingerprint density at radius 1 is 1.23 bits per heavy atom. The number of benzene rings is 1. The maximum Gasteiger partial charge on any atom is 0.262 e. The summed E-state index contributed by atoms with van der Waals surface area (Å²) < 4.78 is 3.84. The van der Waals surface area contributed by atoms with Gasteiger partial charge in [-0.25, -0.2) is 0 Å². The summed E-state index contributed by atoms with van der Waals surface area (Å²) in [6, 6.07) is 10.2. The van der Waals surface area contributed by atoms with E-state index in [0.717, 1.165) is 30.0 Å². The Hall–Kier alpha value is -2.89. The van der Waals surface area contributed by atoms with Crippen molar-refractivity contribution >= 4 is 11.6 Å². The molecule has 26 heavy (non-hydrogen) atoms. The molecule has 2 aromatic heterocycles. The number of carbonyl (C=O) groups excluding carboxylic acids is 1. The number of hydrogen-bond acceptors (Lipinski definition) is 3. The molecule has 0 spiro atoms. The first-order valence-electron chi connectivity index (χ1n) is 9.03. The lowest BCUT2D eigenvalue weighted by atomic mass is 9.97. The molecule has 0 radical (unpaired) electrons. The average molecular weight is 349 g/mol. The third-order valence-corrected chi connectivity index (χ3v) is 5.17. The topological polar surface area (TPSA) is 56.0 Å². The number of hydrogen-bond donors (Lipinski definition) is 0. The van der Waals surface area contributed by atoms with Crippen LogP contribution in [0.4, 0.5) is 5.69 Å². The maximum absolute atomic E-state index is 13.5. The smallest absolute Gasteiger partial charge is 0.262 e. The molecule has 3 aromatic rings. The first-order valence-corrected chi connectivity index (χ1v) is 9.03. The van der Waals surface area contributed by atoms with Crippen molar-refractivity contribution in [2.75, 3.05) is 11.4 Å². The van der Waals surface area contributed by atoms with Gasteiger partial charge in [0.05, 0.1) is 17.3 Å². The molecule has 0 N–H and O–H groups in total.